The van der Waals surface area contributed by atoms with Crippen molar-refractivity contribution in [1.82, 2.24) is 15.0 Å². The van der Waals surface area contributed by atoms with Crippen molar-refractivity contribution in [2.75, 3.05) is 19.0 Å². The van der Waals surface area contributed by atoms with Gasteiger partial charge in [-0.25, -0.2) is 9.97 Å². The van der Waals surface area contributed by atoms with E-state index < -0.39 is 0 Å². The summed E-state index contributed by atoms with van der Waals surface area (Å²) in [5, 5.41) is 10.2. The predicted molar refractivity (Wildman–Crippen MR) is 101 cm³/mol. The van der Waals surface area contributed by atoms with Crippen LogP contribution >= 0.6 is 45.2 Å². The second kappa shape index (κ2) is 5.59. The first-order chi connectivity index (χ1) is 9.95. The number of hydrogen-bond acceptors (Lipinski definition) is 4. The van der Waals surface area contributed by atoms with E-state index >= 15 is 0 Å². The normalized spacial score (nSPS) is 11.0. The number of aromatic amines is 1. The van der Waals surface area contributed by atoms with Crippen LogP contribution in [0.5, 0.6) is 5.75 Å². The Morgan fingerprint density at radius 3 is 2.62 bits per heavy atom. The summed E-state index contributed by atoms with van der Waals surface area (Å²) >= 11 is 4.34. The number of pyridine rings is 1. The van der Waals surface area contributed by atoms with Crippen LogP contribution in [-0.2, 0) is 0 Å². The highest BCUT2D eigenvalue weighted by atomic mass is 127. The maximum Gasteiger partial charge on any atom is 0.180 e. The lowest BCUT2D eigenvalue weighted by molar-refractivity contribution is 0.473. The number of aromatic nitrogens is 3. The first-order valence-electron chi connectivity index (χ1n) is 6.18. The van der Waals surface area contributed by atoms with E-state index in [-0.39, 0.29) is 5.75 Å². The Balaban J connectivity index is 2.17. The highest BCUT2D eigenvalue weighted by molar-refractivity contribution is 14.1. The van der Waals surface area contributed by atoms with Crippen LogP contribution in [0.15, 0.2) is 24.3 Å². The topological polar surface area (TPSA) is 65.0 Å². The fourth-order valence-electron chi connectivity index (χ4n) is 2.01. The van der Waals surface area contributed by atoms with Crippen molar-refractivity contribution >= 4 is 62.2 Å². The highest BCUT2D eigenvalue weighted by Gasteiger charge is 2.14. The third-order valence-corrected chi connectivity index (χ3v) is 4.52. The zero-order valence-corrected chi connectivity index (χ0v) is 15.7. The molecule has 3 aromatic rings. The van der Waals surface area contributed by atoms with Gasteiger partial charge in [0.05, 0.1) is 14.7 Å². The summed E-state index contributed by atoms with van der Waals surface area (Å²) in [6.45, 7) is 0. The molecule has 0 unspecified atom stereocenters. The van der Waals surface area contributed by atoms with E-state index in [1.54, 1.807) is 0 Å². The Kier molecular flexibility index (Phi) is 3.95. The number of benzene rings is 1. The SMILES string of the molecule is CN(C)c1ccc2[nH]c(-c3cc(I)cc(I)c3O)nc2n1. The van der Waals surface area contributed by atoms with Crippen molar-refractivity contribution in [2.24, 2.45) is 0 Å². The van der Waals surface area contributed by atoms with Crippen LogP contribution in [0.1, 0.15) is 0 Å². The first kappa shape index (κ1) is 14.8. The van der Waals surface area contributed by atoms with Crippen molar-refractivity contribution in [3.8, 4) is 17.1 Å². The molecule has 0 saturated carbocycles. The molecule has 3 rings (SSSR count). The molecule has 5 nitrogen and oxygen atoms in total. The lowest BCUT2D eigenvalue weighted by Crippen LogP contribution is -2.10. The van der Waals surface area contributed by atoms with Gasteiger partial charge in [-0.1, -0.05) is 0 Å². The molecule has 2 aromatic heterocycles. The fourth-order valence-corrected chi connectivity index (χ4v) is 3.85. The molecule has 0 aliphatic heterocycles. The number of rotatable bonds is 2. The van der Waals surface area contributed by atoms with Crippen LogP contribution in [0.4, 0.5) is 5.82 Å². The molecule has 0 amide bonds. The van der Waals surface area contributed by atoms with Crippen LogP contribution in [0.25, 0.3) is 22.6 Å². The number of anilines is 1. The number of hydrogen-bond donors (Lipinski definition) is 2. The number of nitrogens with one attached hydrogen (secondary N) is 1. The number of phenols is 1. The molecule has 2 N–H and O–H groups in total. The Bertz CT molecular complexity index is 829. The van der Waals surface area contributed by atoms with Gasteiger partial charge >= 0.3 is 0 Å². The Morgan fingerprint density at radius 2 is 1.90 bits per heavy atom. The lowest BCUT2D eigenvalue weighted by atomic mass is 10.2. The summed E-state index contributed by atoms with van der Waals surface area (Å²) in [4.78, 5) is 14.1. The number of H-pyrrole nitrogens is 1. The minimum absolute atomic E-state index is 0.239. The molecule has 0 aliphatic carbocycles. The van der Waals surface area contributed by atoms with Crippen molar-refractivity contribution in [1.29, 1.82) is 0 Å². The monoisotopic (exact) mass is 506 g/mol. The molecular formula is C14H12I2N4O. The van der Waals surface area contributed by atoms with Crippen LogP contribution in [0.2, 0.25) is 0 Å². The van der Waals surface area contributed by atoms with Gasteiger partial charge in [0.2, 0.25) is 0 Å². The van der Waals surface area contributed by atoms with Gasteiger partial charge < -0.3 is 15.0 Å². The molecule has 21 heavy (non-hydrogen) atoms. The second-order valence-corrected chi connectivity index (χ2v) is 7.21. The predicted octanol–water partition coefficient (Wildman–Crippen LogP) is 3.61. The number of nitrogens with zero attached hydrogens (tertiary/aromatic N) is 3. The quantitative estimate of drug-likeness (QED) is 0.522. The van der Waals surface area contributed by atoms with Crippen molar-refractivity contribution in [3.63, 3.8) is 0 Å². The Labute approximate surface area is 149 Å². The standard InChI is InChI=1S/C14H12I2N4O/c1-20(2)11-4-3-10-14(18-11)19-13(17-10)8-5-7(15)6-9(16)12(8)21/h3-6,21H,1-2H3,(H,17,18,19). The van der Waals surface area contributed by atoms with E-state index in [4.69, 9.17) is 0 Å². The number of halogens is 2. The van der Waals surface area contributed by atoms with E-state index in [9.17, 15) is 5.11 Å². The maximum atomic E-state index is 10.2. The molecule has 7 heteroatoms. The van der Waals surface area contributed by atoms with Gasteiger partial charge in [0.1, 0.15) is 17.4 Å². The third kappa shape index (κ3) is 2.80. The number of aromatic hydroxyl groups is 1. The third-order valence-electron chi connectivity index (χ3n) is 3.07. The van der Waals surface area contributed by atoms with Gasteiger partial charge in [-0.3, -0.25) is 0 Å². The minimum atomic E-state index is 0.239. The molecular weight excluding hydrogens is 494 g/mol. The van der Waals surface area contributed by atoms with Gasteiger partial charge in [0, 0.05) is 17.7 Å². The molecule has 0 aliphatic rings. The molecule has 0 bridgehead atoms. The average molecular weight is 506 g/mol. The zero-order valence-electron chi connectivity index (χ0n) is 11.4. The van der Waals surface area contributed by atoms with Gasteiger partial charge in [-0.05, 0) is 69.4 Å². The minimum Gasteiger partial charge on any atom is -0.506 e. The molecule has 0 spiro atoms. The van der Waals surface area contributed by atoms with Crippen LogP contribution in [-0.4, -0.2) is 34.2 Å². The Hall–Kier alpha value is -1.10. The summed E-state index contributed by atoms with van der Waals surface area (Å²) in [5.41, 5.74) is 2.18. The highest BCUT2D eigenvalue weighted by Crippen LogP contribution is 2.34. The van der Waals surface area contributed by atoms with Crippen LogP contribution in [0.3, 0.4) is 0 Å². The van der Waals surface area contributed by atoms with Crippen molar-refractivity contribution in [3.05, 3.63) is 31.4 Å². The van der Waals surface area contributed by atoms with E-state index in [0.717, 1.165) is 18.5 Å². The summed E-state index contributed by atoms with van der Waals surface area (Å²) in [6.07, 6.45) is 0. The smallest absolute Gasteiger partial charge is 0.180 e. The summed E-state index contributed by atoms with van der Waals surface area (Å²) in [7, 11) is 3.88. The van der Waals surface area contributed by atoms with Gasteiger partial charge in [-0.2, -0.15) is 0 Å². The molecule has 0 atom stereocenters. The van der Waals surface area contributed by atoms with Gasteiger partial charge in [0.25, 0.3) is 0 Å². The first-order valence-corrected chi connectivity index (χ1v) is 8.34. The van der Waals surface area contributed by atoms with Gasteiger partial charge in [0.15, 0.2) is 5.65 Å². The zero-order chi connectivity index (χ0) is 15.1. The molecule has 0 radical (unpaired) electrons. The number of phenolic OH excluding ortho intramolecular Hbond substituents is 1. The average Bonchev–Trinajstić information content (AvgIpc) is 2.85. The summed E-state index contributed by atoms with van der Waals surface area (Å²) in [5.74, 6) is 1.72. The van der Waals surface area contributed by atoms with Crippen molar-refractivity contribution < 1.29 is 5.11 Å². The largest absolute Gasteiger partial charge is 0.506 e. The fraction of sp³-hybridized carbons (Fsp3) is 0.143. The van der Waals surface area contributed by atoms with Crippen LogP contribution < -0.4 is 4.90 Å². The Morgan fingerprint density at radius 1 is 1.14 bits per heavy atom. The number of imidazole rings is 1. The van der Waals surface area contributed by atoms with E-state index in [1.165, 1.54) is 0 Å². The second-order valence-electron chi connectivity index (χ2n) is 4.80. The van der Waals surface area contributed by atoms with Gasteiger partial charge in [-0.15, -0.1) is 0 Å². The maximum absolute atomic E-state index is 10.2. The lowest BCUT2D eigenvalue weighted by Gasteiger charge is -2.09. The van der Waals surface area contributed by atoms with Crippen molar-refractivity contribution in [2.45, 2.75) is 0 Å². The molecule has 1 aromatic carbocycles. The van der Waals surface area contributed by atoms with E-state index in [0.29, 0.717) is 17.0 Å². The summed E-state index contributed by atoms with van der Waals surface area (Å²) < 4.78 is 1.85. The molecule has 2 heterocycles. The van der Waals surface area contributed by atoms with E-state index in [1.807, 2.05) is 43.3 Å². The molecule has 108 valence electrons. The van der Waals surface area contributed by atoms with E-state index in [2.05, 4.69) is 60.1 Å². The molecule has 0 saturated heterocycles. The summed E-state index contributed by atoms with van der Waals surface area (Å²) in [6, 6.07) is 7.71. The molecule has 0 fully saturated rings. The van der Waals surface area contributed by atoms with Crippen LogP contribution in [0, 0.1) is 7.14 Å². The number of fused-ring (bicyclic) bond motifs is 1.